The van der Waals surface area contributed by atoms with Gasteiger partial charge in [0, 0.05) is 29.4 Å². The summed E-state index contributed by atoms with van der Waals surface area (Å²) in [4.78, 5) is 19.8. The minimum absolute atomic E-state index is 0.0689. The Hall–Kier alpha value is -4.06. The van der Waals surface area contributed by atoms with Crippen LogP contribution in [0.25, 0.3) is 22.6 Å². The molecule has 0 atom stereocenters. The molecule has 0 fully saturated rings. The van der Waals surface area contributed by atoms with Crippen LogP contribution in [0.3, 0.4) is 0 Å². The van der Waals surface area contributed by atoms with Crippen LogP contribution in [0.15, 0.2) is 35.2 Å². The van der Waals surface area contributed by atoms with E-state index in [1.165, 1.54) is 18.5 Å². The normalized spacial score (nSPS) is 13.2. The molecule has 5 rings (SSSR count). The second kappa shape index (κ2) is 10.6. The van der Waals surface area contributed by atoms with E-state index in [2.05, 4.69) is 25.4 Å². The maximum absolute atomic E-state index is 14.2. The SMILES string of the molecule is CNCCCOc1ccc(C(F)(F)F)c(-c2nc(-c3c(C)noc3C)c(C)c(N3Cc4cncnc4C3)n2)c1. The molecule has 1 aromatic carbocycles. The van der Waals surface area contributed by atoms with Crippen molar-refractivity contribution in [3.05, 3.63) is 64.6 Å². The van der Waals surface area contributed by atoms with Gasteiger partial charge in [0.05, 0.1) is 41.4 Å². The second-order valence-electron chi connectivity index (χ2n) is 9.41. The summed E-state index contributed by atoms with van der Waals surface area (Å²) in [5, 5.41) is 7.06. The summed E-state index contributed by atoms with van der Waals surface area (Å²) >= 11 is 0. The van der Waals surface area contributed by atoms with E-state index in [1.54, 1.807) is 20.0 Å². The lowest BCUT2D eigenvalue weighted by Gasteiger charge is -2.22. The third-order valence-corrected chi connectivity index (χ3v) is 6.65. The Labute approximate surface area is 223 Å². The van der Waals surface area contributed by atoms with E-state index in [0.29, 0.717) is 66.0 Å². The average molecular weight is 540 g/mol. The van der Waals surface area contributed by atoms with Crippen LogP contribution >= 0.6 is 0 Å². The first-order valence-electron chi connectivity index (χ1n) is 12.5. The Morgan fingerprint density at radius 3 is 2.64 bits per heavy atom. The van der Waals surface area contributed by atoms with Gasteiger partial charge in [-0.1, -0.05) is 5.16 Å². The van der Waals surface area contributed by atoms with Gasteiger partial charge in [-0.05, 0) is 59.0 Å². The lowest BCUT2D eigenvalue weighted by molar-refractivity contribution is -0.137. The fraction of sp³-hybridized carbons (Fsp3) is 0.370. The molecule has 39 heavy (non-hydrogen) atoms. The highest BCUT2D eigenvalue weighted by Gasteiger charge is 2.36. The monoisotopic (exact) mass is 539 g/mol. The summed E-state index contributed by atoms with van der Waals surface area (Å²) < 4.78 is 53.8. The highest BCUT2D eigenvalue weighted by atomic mass is 19.4. The Kier molecular flexibility index (Phi) is 7.21. The van der Waals surface area contributed by atoms with Crippen molar-refractivity contribution >= 4 is 5.82 Å². The molecule has 0 unspecified atom stereocenters. The standard InChI is InChI=1S/C27H28F3N7O2/c1-15-24(23-16(2)36-39-17(23)3)34-25(35-26(15)37-12-18-11-32-14-33-22(18)13-37)20-10-19(38-9-5-8-31-4)6-7-21(20)27(28,29)30/h6-7,10-11,14,31H,5,8-9,12-13H2,1-4H3. The highest BCUT2D eigenvalue weighted by Crippen LogP contribution is 2.41. The van der Waals surface area contributed by atoms with Crippen LogP contribution in [0, 0.1) is 20.8 Å². The van der Waals surface area contributed by atoms with E-state index in [1.807, 2.05) is 18.9 Å². The van der Waals surface area contributed by atoms with Crippen LogP contribution in [-0.2, 0) is 19.3 Å². The zero-order valence-electron chi connectivity index (χ0n) is 22.1. The molecule has 1 aliphatic heterocycles. The number of ether oxygens (including phenoxy) is 1. The predicted molar refractivity (Wildman–Crippen MR) is 138 cm³/mol. The minimum atomic E-state index is -4.63. The van der Waals surface area contributed by atoms with E-state index < -0.39 is 11.7 Å². The molecule has 4 heterocycles. The van der Waals surface area contributed by atoms with E-state index in [0.717, 1.165) is 23.9 Å². The van der Waals surface area contributed by atoms with Gasteiger partial charge in [0.25, 0.3) is 0 Å². The van der Waals surface area contributed by atoms with Gasteiger partial charge in [0.15, 0.2) is 5.82 Å². The fourth-order valence-electron chi connectivity index (χ4n) is 4.73. The van der Waals surface area contributed by atoms with Gasteiger partial charge in [-0.3, -0.25) is 0 Å². The summed E-state index contributed by atoms with van der Waals surface area (Å²) in [5.74, 6) is 1.25. The molecule has 0 amide bonds. The summed E-state index contributed by atoms with van der Waals surface area (Å²) in [5.41, 5.74) is 3.13. The number of aryl methyl sites for hydroxylation is 2. The number of rotatable bonds is 8. The molecule has 12 heteroatoms. The summed E-state index contributed by atoms with van der Waals surface area (Å²) in [6.45, 7) is 7.35. The van der Waals surface area contributed by atoms with Crippen molar-refractivity contribution in [2.75, 3.05) is 25.1 Å². The molecule has 0 aliphatic carbocycles. The zero-order valence-corrected chi connectivity index (χ0v) is 22.1. The lowest BCUT2D eigenvalue weighted by Crippen LogP contribution is -2.19. The summed E-state index contributed by atoms with van der Waals surface area (Å²) in [7, 11) is 1.82. The van der Waals surface area contributed by atoms with Crippen LogP contribution in [0.2, 0.25) is 0 Å². The Bertz CT molecular complexity index is 1460. The van der Waals surface area contributed by atoms with E-state index in [-0.39, 0.29) is 11.4 Å². The molecule has 4 aromatic rings. The number of benzene rings is 1. The van der Waals surface area contributed by atoms with Crippen molar-refractivity contribution in [1.82, 2.24) is 30.4 Å². The van der Waals surface area contributed by atoms with Crippen LogP contribution in [-0.4, -0.2) is 45.3 Å². The quantitative estimate of drug-likeness (QED) is 0.309. The molecule has 0 bridgehead atoms. The van der Waals surface area contributed by atoms with Gasteiger partial charge in [-0.15, -0.1) is 0 Å². The number of hydrogen-bond acceptors (Lipinski definition) is 9. The van der Waals surface area contributed by atoms with Crippen molar-refractivity contribution in [3.8, 4) is 28.4 Å². The molecule has 0 saturated heterocycles. The Balaban J connectivity index is 1.67. The maximum atomic E-state index is 14.2. The molecule has 1 N–H and O–H groups in total. The van der Waals surface area contributed by atoms with Crippen LogP contribution in [0.5, 0.6) is 5.75 Å². The number of fused-ring (bicyclic) bond motifs is 1. The largest absolute Gasteiger partial charge is 0.494 e. The van der Waals surface area contributed by atoms with Gasteiger partial charge in [0.2, 0.25) is 0 Å². The number of nitrogens with one attached hydrogen (secondary N) is 1. The van der Waals surface area contributed by atoms with Gasteiger partial charge in [0.1, 0.15) is 23.7 Å². The number of anilines is 1. The number of aromatic nitrogens is 5. The molecular formula is C27H28F3N7O2. The summed E-state index contributed by atoms with van der Waals surface area (Å²) in [6.07, 6.45) is -0.705. The van der Waals surface area contributed by atoms with Crippen LogP contribution in [0.1, 0.15) is 40.3 Å². The Morgan fingerprint density at radius 1 is 1.13 bits per heavy atom. The summed E-state index contributed by atoms with van der Waals surface area (Å²) in [6, 6.07) is 3.70. The molecule has 0 spiro atoms. The van der Waals surface area contributed by atoms with Crippen molar-refractivity contribution < 1.29 is 22.4 Å². The van der Waals surface area contributed by atoms with Crippen molar-refractivity contribution in [1.29, 1.82) is 0 Å². The Morgan fingerprint density at radius 2 is 1.95 bits per heavy atom. The average Bonchev–Trinajstić information content (AvgIpc) is 3.48. The van der Waals surface area contributed by atoms with Crippen molar-refractivity contribution in [3.63, 3.8) is 0 Å². The first-order chi connectivity index (χ1) is 18.7. The van der Waals surface area contributed by atoms with Gasteiger partial charge in [-0.2, -0.15) is 13.2 Å². The first-order valence-corrected chi connectivity index (χ1v) is 12.5. The van der Waals surface area contributed by atoms with Gasteiger partial charge in [-0.25, -0.2) is 19.9 Å². The molecular weight excluding hydrogens is 511 g/mol. The van der Waals surface area contributed by atoms with Gasteiger partial charge >= 0.3 is 6.18 Å². The molecule has 204 valence electrons. The number of hydrogen-bond donors (Lipinski definition) is 1. The molecule has 1 aliphatic rings. The molecule has 0 saturated carbocycles. The fourth-order valence-corrected chi connectivity index (χ4v) is 4.73. The topological polar surface area (TPSA) is 102 Å². The number of halogens is 3. The zero-order chi connectivity index (χ0) is 27.7. The van der Waals surface area contributed by atoms with Crippen molar-refractivity contribution in [2.45, 2.75) is 46.5 Å². The van der Waals surface area contributed by atoms with Crippen LogP contribution < -0.4 is 15.0 Å². The molecule has 0 radical (unpaired) electrons. The number of alkyl halides is 3. The third-order valence-electron chi connectivity index (χ3n) is 6.65. The maximum Gasteiger partial charge on any atom is 0.417 e. The van der Waals surface area contributed by atoms with E-state index in [9.17, 15) is 13.2 Å². The van der Waals surface area contributed by atoms with E-state index >= 15 is 0 Å². The minimum Gasteiger partial charge on any atom is -0.494 e. The van der Waals surface area contributed by atoms with E-state index in [4.69, 9.17) is 14.2 Å². The predicted octanol–water partition coefficient (Wildman–Crippen LogP) is 5.04. The highest BCUT2D eigenvalue weighted by molar-refractivity contribution is 5.76. The third kappa shape index (κ3) is 5.29. The first kappa shape index (κ1) is 26.5. The number of nitrogens with zero attached hydrogens (tertiary/aromatic N) is 6. The van der Waals surface area contributed by atoms with Gasteiger partial charge < -0.3 is 19.5 Å². The second-order valence-corrected chi connectivity index (χ2v) is 9.41. The lowest BCUT2D eigenvalue weighted by atomic mass is 10.0. The van der Waals surface area contributed by atoms with Crippen LogP contribution in [0.4, 0.5) is 19.0 Å². The molecule has 9 nitrogen and oxygen atoms in total. The smallest absolute Gasteiger partial charge is 0.417 e. The van der Waals surface area contributed by atoms with Crippen molar-refractivity contribution in [2.24, 2.45) is 0 Å². The molecule has 3 aromatic heterocycles.